The molecule has 1 amide bonds. The maximum absolute atomic E-state index is 12.7. The van der Waals surface area contributed by atoms with E-state index in [2.05, 4.69) is 36.7 Å². The number of rotatable bonds is 6. The van der Waals surface area contributed by atoms with Crippen LogP contribution in [0.1, 0.15) is 29.1 Å². The van der Waals surface area contributed by atoms with E-state index in [4.69, 9.17) is 4.74 Å². The molecule has 2 atom stereocenters. The summed E-state index contributed by atoms with van der Waals surface area (Å²) in [5.74, 6) is -0.302. The van der Waals surface area contributed by atoms with E-state index >= 15 is 0 Å². The van der Waals surface area contributed by atoms with Gasteiger partial charge in [-0.05, 0) is 24.6 Å². The fourth-order valence-corrected chi connectivity index (χ4v) is 3.08. The van der Waals surface area contributed by atoms with Crippen molar-refractivity contribution in [2.45, 2.75) is 19.1 Å². The Balaban J connectivity index is 1.77. The van der Waals surface area contributed by atoms with Crippen molar-refractivity contribution in [1.82, 2.24) is 20.7 Å². The number of hydrogen-bond donors (Lipinski definition) is 2. The highest BCUT2D eigenvalue weighted by Crippen LogP contribution is 2.24. The Morgan fingerprint density at radius 1 is 1.12 bits per heavy atom. The van der Waals surface area contributed by atoms with Gasteiger partial charge in [-0.25, -0.2) is 0 Å². The molecule has 7 heteroatoms. The number of H-pyrrole nitrogens is 1. The van der Waals surface area contributed by atoms with Crippen LogP contribution in [0.3, 0.4) is 0 Å². The molecule has 3 rings (SSSR count). The molecule has 0 aliphatic carbocycles. The number of ether oxygens (including phenoxy) is 1. The molecule has 2 aromatic carbocycles. The average Bonchev–Trinajstić information content (AvgIpc) is 3.14. The first-order valence-corrected chi connectivity index (χ1v) is 8.94. The second-order valence-corrected chi connectivity index (χ2v) is 6.77. The van der Waals surface area contributed by atoms with Crippen molar-refractivity contribution in [2.24, 2.45) is 0 Å². The number of nitrogens with zero attached hydrogens (tertiary/aromatic N) is 2. The van der Waals surface area contributed by atoms with Gasteiger partial charge >= 0.3 is 0 Å². The molecule has 1 aromatic heterocycles. The highest BCUT2D eigenvalue weighted by Gasteiger charge is 2.24. The first-order valence-electron chi connectivity index (χ1n) is 8.15. The van der Waals surface area contributed by atoms with Crippen molar-refractivity contribution in [3.05, 3.63) is 70.3 Å². The minimum Gasteiger partial charge on any atom is -0.375 e. The lowest BCUT2D eigenvalue weighted by Crippen LogP contribution is -2.38. The van der Waals surface area contributed by atoms with Crippen molar-refractivity contribution >= 4 is 21.8 Å². The zero-order valence-corrected chi connectivity index (χ0v) is 16.0. The number of halogens is 1. The number of amides is 1. The Bertz CT molecular complexity index is 865. The summed E-state index contributed by atoms with van der Waals surface area (Å²) in [5, 5.41) is 13.6. The molecule has 0 aliphatic heterocycles. The minimum absolute atomic E-state index is 0.256. The van der Waals surface area contributed by atoms with Crippen LogP contribution in [0.15, 0.2) is 59.1 Å². The molecule has 2 unspecified atom stereocenters. The van der Waals surface area contributed by atoms with Gasteiger partial charge in [-0.15, -0.1) is 0 Å². The van der Waals surface area contributed by atoms with Crippen LogP contribution in [0, 0.1) is 0 Å². The maximum atomic E-state index is 12.7. The molecule has 26 heavy (non-hydrogen) atoms. The van der Waals surface area contributed by atoms with Crippen molar-refractivity contribution in [2.75, 3.05) is 7.11 Å². The van der Waals surface area contributed by atoms with Crippen LogP contribution in [0.2, 0.25) is 0 Å². The molecule has 2 N–H and O–H groups in total. The maximum Gasteiger partial charge on any atom is 0.274 e. The molecule has 0 aliphatic rings. The van der Waals surface area contributed by atoms with Gasteiger partial charge in [-0.3, -0.25) is 4.79 Å². The van der Waals surface area contributed by atoms with Gasteiger partial charge in [0.25, 0.3) is 5.91 Å². The smallest absolute Gasteiger partial charge is 0.274 e. The Hall–Kier alpha value is -2.51. The standard InChI is InChI=1S/C19H19BrN4O2/c1-12(18(26-2)14-8-10-15(20)11-9-14)21-19(25)17-16(22-24-23-17)13-6-4-3-5-7-13/h3-12,18H,1-2H3,(H,21,25)(H,22,23,24). The quantitative estimate of drug-likeness (QED) is 0.643. The number of aromatic amines is 1. The van der Waals surface area contributed by atoms with Crippen molar-refractivity contribution in [3.8, 4) is 11.3 Å². The van der Waals surface area contributed by atoms with Crippen LogP contribution in [-0.4, -0.2) is 34.5 Å². The first kappa shape index (κ1) is 18.3. The third-order valence-electron chi connectivity index (χ3n) is 4.08. The number of carbonyl (C=O) groups is 1. The van der Waals surface area contributed by atoms with Gasteiger partial charge in [0.05, 0.1) is 6.04 Å². The van der Waals surface area contributed by atoms with Crippen LogP contribution < -0.4 is 5.32 Å². The van der Waals surface area contributed by atoms with E-state index in [1.807, 2.05) is 61.5 Å². The minimum atomic E-state index is -0.302. The number of nitrogens with one attached hydrogen (secondary N) is 2. The molecule has 6 nitrogen and oxygen atoms in total. The number of aromatic nitrogens is 3. The molecule has 0 fully saturated rings. The van der Waals surface area contributed by atoms with Crippen molar-refractivity contribution in [1.29, 1.82) is 0 Å². The molecule has 3 aromatic rings. The fraction of sp³-hybridized carbons (Fsp3) is 0.211. The van der Waals surface area contributed by atoms with Crippen LogP contribution in [0.25, 0.3) is 11.3 Å². The van der Waals surface area contributed by atoms with Crippen molar-refractivity contribution in [3.63, 3.8) is 0 Å². The van der Waals surface area contributed by atoms with Gasteiger partial charge < -0.3 is 10.1 Å². The van der Waals surface area contributed by atoms with E-state index in [-0.39, 0.29) is 23.7 Å². The zero-order valence-electron chi connectivity index (χ0n) is 14.4. The van der Waals surface area contributed by atoms with Gasteiger partial charge in [0.15, 0.2) is 5.69 Å². The monoisotopic (exact) mass is 414 g/mol. The molecule has 1 heterocycles. The number of methoxy groups -OCH3 is 1. The Morgan fingerprint density at radius 3 is 2.46 bits per heavy atom. The summed E-state index contributed by atoms with van der Waals surface area (Å²) in [6.07, 6.45) is -0.279. The first-order chi connectivity index (χ1) is 12.6. The topological polar surface area (TPSA) is 79.9 Å². The summed E-state index contributed by atoms with van der Waals surface area (Å²) in [4.78, 5) is 12.7. The zero-order chi connectivity index (χ0) is 18.5. The predicted octanol–water partition coefficient (Wildman–Crippen LogP) is 3.74. The number of benzene rings is 2. The summed E-state index contributed by atoms with van der Waals surface area (Å²) in [6, 6.07) is 17.0. The lowest BCUT2D eigenvalue weighted by atomic mass is 10.0. The second kappa shape index (κ2) is 8.25. The van der Waals surface area contributed by atoms with Crippen LogP contribution in [0.4, 0.5) is 0 Å². The number of carbonyl (C=O) groups excluding carboxylic acids is 1. The van der Waals surface area contributed by atoms with Crippen LogP contribution in [-0.2, 0) is 4.74 Å². The third kappa shape index (κ3) is 4.00. The van der Waals surface area contributed by atoms with Gasteiger partial charge in [0.2, 0.25) is 0 Å². The second-order valence-electron chi connectivity index (χ2n) is 5.86. The molecule has 0 saturated carbocycles. The lowest BCUT2D eigenvalue weighted by Gasteiger charge is -2.24. The molecule has 134 valence electrons. The predicted molar refractivity (Wildman–Crippen MR) is 103 cm³/mol. The van der Waals surface area contributed by atoms with Gasteiger partial charge in [0.1, 0.15) is 11.8 Å². The van der Waals surface area contributed by atoms with Gasteiger partial charge in [-0.2, -0.15) is 15.4 Å². The Labute approximate surface area is 160 Å². The third-order valence-corrected chi connectivity index (χ3v) is 4.60. The SMILES string of the molecule is COC(c1ccc(Br)cc1)C(C)NC(=O)c1n[nH]nc1-c1ccccc1. The van der Waals surface area contributed by atoms with E-state index in [1.54, 1.807) is 7.11 Å². The Kier molecular flexibility index (Phi) is 5.80. The molecule has 0 spiro atoms. The van der Waals surface area contributed by atoms with Crippen LogP contribution >= 0.6 is 15.9 Å². The van der Waals surface area contributed by atoms with Crippen LogP contribution in [0.5, 0.6) is 0 Å². The average molecular weight is 415 g/mol. The van der Waals surface area contributed by atoms with Gasteiger partial charge in [-0.1, -0.05) is 58.4 Å². The summed E-state index contributed by atoms with van der Waals surface area (Å²) in [6.45, 7) is 1.90. The summed E-state index contributed by atoms with van der Waals surface area (Å²) in [5.41, 5.74) is 2.59. The lowest BCUT2D eigenvalue weighted by molar-refractivity contribution is 0.0643. The normalized spacial score (nSPS) is 13.2. The van der Waals surface area contributed by atoms with E-state index in [0.29, 0.717) is 5.69 Å². The number of hydrogen-bond acceptors (Lipinski definition) is 4. The summed E-state index contributed by atoms with van der Waals surface area (Å²) < 4.78 is 6.59. The highest BCUT2D eigenvalue weighted by molar-refractivity contribution is 9.10. The highest BCUT2D eigenvalue weighted by atomic mass is 79.9. The largest absolute Gasteiger partial charge is 0.375 e. The van der Waals surface area contributed by atoms with E-state index in [1.165, 1.54) is 0 Å². The molecule has 0 saturated heterocycles. The summed E-state index contributed by atoms with van der Waals surface area (Å²) in [7, 11) is 1.63. The summed E-state index contributed by atoms with van der Waals surface area (Å²) >= 11 is 3.42. The molecular weight excluding hydrogens is 396 g/mol. The van der Waals surface area contributed by atoms with E-state index in [9.17, 15) is 4.79 Å². The van der Waals surface area contributed by atoms with Gasteiger partial charge in [0, 0.05) is 17.1 Å². The van der Waals surface area contributed by atoms with Crippen molar-refractivity contribution < 1.29 is 9.53 Å². The molecule has 0 radical (unpaired) electrons. The fourth-order valence-electron chi connectivity index (χ4n) is 2.82. The molecular formula is C19H19BrN4O2. The molecule has 0 bridgehead atoms. The van der Waals surface area contributed by atoms with E-state index < -0.39 is 0 Å². The Morgan fingerprint density at radius 2 is 1.81 bits per heavy atom. The van der Waals surface area contributed by atoms with E-state index in [0.717, 1.165) is 15.6 Å².